The second-order valence-corrected chi connectivity index (χ2v) is 4.89. The Kier molecular flexibility index (Phi) is 2.95. The van der Waals surface area contributed by atoms with Gasteiger partial charge in [-0.3, -0.25) is 14.3 Å². The van der Waals surface area contributed by atoms with Crippen LogP contribution in [-0.2, 0) is 4.74 Å². The molecule has 0 saturated carbocycles. The SMILES string of the molecule is [2H][C@@]1(O)[C@@]([2H])(CO)O[C@@H](n2c(C)c(C)c(=O)[nH]c2=O)[C@]1(C)O. The Morgan fingerprint density at radius 3 is 2.60 bits per heavy atom. The first kappa shape index (κ1) is 12.3. The van der Waals surface area contributed by atoms with Gasteiger partial charge in [0.05, 0.1) is 9.35 Å². The van der Waals surface area contributed by atoms with E-state index in [9.17, 15) is 24.9 Å². The molecule has 0 unspecified atom stereocenters. The summed E-state index contributed by atoms with van der Waals surface area (Å²) in [6, 6.07) is 0. The molecule has 0 aliphatic carbocycles. The van der Waals surface area contributed by atoms with Gasteiger partial charge in [-0.15, -0.1) is 0 Å². The second kappa shape index (κ2) is 4.81. The highest BCUT2D eigenvalue weighted by Crippen LogP contribution is 2.37. The van der Waals surface area contributed by atoms with E-state index in [1.165, 1.54) is 13.8 Å². The lowest BCUT2D eigenvalue weighted by Crippen LogP contribution is -2.47. The zero-order valence-corrected chi connectivity index (χ0v) is 11.3. The highest BCUT2D eigenvalue weighted by molar-refractivity contribution is 5.16. The third-order valence-corrected chi connectivity index (χ3v) is 3.54. The van der Waals surface area contributed by atoms with Crippen molar-refractivity contribution in [2.45, 2.75) is 44.8 Å². The molecule has 0 bridgehead atoms. The monoisotopic (exact) mass is 288 g/mol. The number of aliphatic hydroxyl groups excluding tert-OH is 1. The van der Waals surface area contributed by atoms with Crippen molar-refractivity contribution in [2.24, 2.45) is 0 Å². The van der Waals surface area contributed by atoms with Gasteiger partial charge in [-0.05, 0) is 20.8 Å². The lowest BCUT2D eigenvalue weighted by molar-refractivity contribution is -0.0996. The Bertz CT molecular complexity index is 725. The third kappa shape index (κ3) is 2.01. The smallest absolute Gasteiger partial charge is 0.330 e. The van der Waals surface area contributed by atoms with Crippen LogP contribution in [0.25, 0.3) is 0 Å². The number of aromatic amines is 1. The van der Waals surface area contributed by atoms with Crippen molar-refractivity contribution in [3.63, 3.8) is 0 Å². The molecule has 112 valence electrons. The van der Waals surface area contributed by atoms with Gasteiger partial charge in [0.15, 0.2) is 6.23 Å². The van der Waals surface area contributed by atoms with E-state index in [4.69, 9.17) is 7.48 Å². The highest BCUT2D eigenvalue weighted by atomic mass is 16.6. The molecule has 8 heteroatoms. The van der Waals surface area contributed by atoms with Crippen LogP contribution in [0.3, 0.4) is 0 Å². The summed E-state index contributed by atoms with van der Waals surface area (Å²) < 4.78 is 21.6. The number of hydrogen-bond donors (Lipinski definition) is 4. The molecule has 1 fully saturated rings. The Morgan fingerprint density at radius 1 is 1.50 bits per heavy atom. The minimum Gasteiger partial charge on any atom is -0.394 e. The van der Waals surface area contributed by atoms with E-state index in [1.54, 1.807) is 0 Å². The van der Waals surface area contributed by atoms with E-state index in [2.05, 4.69) is 0 Å². The Hall–Kier alpha value is -1.48. The lowest BCUT2D eigenvalue weighted by Gasteiger charge is -2.29. The molecule has 0 spiro atoms. The summed E-state index contributed by atoms with van der Waals surface area (Å²) in [6.45, 7) is 2.82. The van der Waals surface area contributed by atoms with E-state index >= 15 is 0 Å². The third-order valence-electron chi connectivity index (χ3n) is 3.54. The first-order valence-corrected chi connectivity index (χ1v) is 5.96. The second-order valence-electron chi connectivity index (χ2n) is 4.89. The van der Waals surface area contributed by atoms with Crippen LogP contribution < -0.4 is 11.2 Å². The molecular weight excluding hydrogens is 268 g/mol. The summed E-state index contributed by atoms with van der Waals surface area (Å²) in [5.74, 6) is 0. The van der Waals surface area contributed by atoms with Gasteiger partial charge in [0.25, 0.3) is 5.56 Å². The Balaban J connectivity index is 2.73. The maximum absolute atomic E-state index is 12.0. The van der Waals surface area contributed by atoms with Crippen molar-refractivity contribution in [1.29, 1.82) is 0 Å². The zero-order chi connectivity index (χ0) is 17.1. The molecule has 2 rings (SSSR count). The van der Waals surface area contributed by atoms with Crippen molar-refractivity contribution in [2.75, 3.05) is 6.61 Å². The van der Waals surface area contributed by atoms with Crippen LogP contribution in [0.2, 0.25) is 0 Å². The van der Waals surface area contributed by atoms with E-state index in [1.807, 2.05) is 4.98 Å². The predicted molar refractivity (Wildman–Crippen MR) is 68.4 cm³/mol. The standard InChI is InChI=1S/C12H18N2O6/c1-5-6(2)14(11(18)13-9(5)17)10-12(3,19)8(16)7(4-15)20-10/h7-8,10,15-16,19H,4H2,1-3H3,(H,13,17,18)/t7-,8-,10-,12-/m1/s1/i7D,8D. The van der Waals surface area contributed by atoms with Gasteiger partial charge in [-0.2, -0.15) is 0 Å². The zero-order valence-electron chi connectivity index (χ0n) is 13.3. The molecule has 1 saturated heterocycles. The number of aliphatic hydroxyl groups is 3. The average Bonchev–Trinajstić information content (AvgIpc) is 2.55. The summed E-state index contributed by atoms with van der Waals surface area (Å²) in [6.07, 6.45) is -7.10. The molecule has 2 heterocycles. The van der Waals surface area contributed by atoms with Gasteiger partial charge < -0.3 is 20.1 Å². The van der Waals surface area contributed by atoms with Crippen molar-refractivity contribution >= 4 is 0 Å². The quantitative estimate of drug-likeness (QED) is 0.506. The molecule has 4 N–H and O–H groups in total. The van der Waals surface area contributed by atoms with Crippen LogP contribution in [-0.4, -0.2) is 49.2 Å². The summed E-state index contributed by atoms with van der Waals surface area (Å²) in [7, 11) is 0. The maximum atomic E-state index is 12.0. The van der Waals surface area contributed by atoms with E-state index in [0.717, 1.165) is 11.5 Å². The number of nitrogens with zero attached hydrogens (tertiary/aromatic N) is 1. The van der Waals surface area contributed by atoms with Gasteiger partial charge in [0.1, 0.15) is 17.8 Å². The Labute approximate surface area is 117 Å². The summed E-state index contributed by atoms with van der Waals surface area (Å²) in [5, 5.41) is 29.8. The molecule has 1 aliphatic heterocycles. The van der Waals surface area contributed by atoms with Crippen LogP contribution in [0.1, 0.15) is 27.2 Å². The summed E-state index contributed by atoms with van der Waals surface area (Å²) in [4.78, 5) is 25.6. The summed E-state index contributed by atoms with van der Waals surface area (Å²) >= 11 is 0. The van der Waals surface area contributed by atoms with E-state index < -0.39 is 41.8 Å². The van der Waals surface area contributed by atoms with E-state index in [-0.39, 0.29) is 11.3 Å². The van der Waals surface area contributed by atoms with Crippen LogP contribution in [0.5, 0.6) is 0 Å². The minimum absolute atomic E-state index is 0.150. The molecule has 4 atom stereocenters. The first-order valence-electron chi connectivity index (χ1n) is 6.96. The fourth-order valence-electron chi connectivity index (χ4n) is 2.15. The number of hydrogen-bond acceptors (Lipinski definition) is 6. The number of H-pyrrole nitrogens is 1. The van der Waals surface area contributed by atoms with Crippen molar-refractivity contribution < 1.29 is 22.8 Å². The highest BCUT2D eigenvalue weighted by Gasteiger charge is 2.53. The summed E-state index contributed by atoms with van der Waals surface area (Å²) in [5.41, 5.74) is -3.60. The maximum Gasteiger partial charge on any atom is 0.330 e. The lowest BCUT2D eigenvalue weighted by atomic mass is 9.96. The fourth-order valence-corrected chi connectivity index (χ4v) is 2.15. The van der Waals surface area contributed by atoms with Crippen LogP contribution in [0.15, 0.2) is 9.59 Å². The molecule has 0 radical (unpaired) electrons. The van der Waals surface area contributed by atoms with Crippen molar-refractivity contribution in [3.8, 4) is 0 Å². The average molecular weight is 288 g/mol. The van der Waals surface area contributed by atoms with Crippen molar-refractivity contribution in [3.05, 3.63) is 32.1 Å². The number of ether oxygens (including phenoxy) is 1. The Morgan fingerprint density at radius 2 is 2.10 bits per heavy atom. The molecule has 1 aromatic rings. The van der Waals surface area contributed by atoms with Crippen LogP contribution in [0.4, 0.5) is 0 Å². The fraction of sp³-hybridized carbons (Fsp3) is 0.667. The van der Waals surface area contributed by atoms with Gasteiger partial charge in [0.2, 0.25) is 0 Å². The van der Waals surface area contributed by atoms with E-state index in [0.29, 0.717) is 0 Å². The van der Waals surface area contributed by atoms with Gasteiger partial charge in [-0.1, -0.05) is 0 Å². The predicted octanol–water partition coefficient (Wildman–Crippen LogP) is -1.84. The first-order chi connectivity index (χ1) is 9.90. The van der Waals surface area contributed by atoms with Crippen LogP contribution >= 0.6 is 0 Å². The normalized spacial score (nSPS) is 42.4. The largest absolute Gasteiger partial charge is 0.394 e. The number of nitrogens with one attached hydrogen (secondary N) is 1. The molecule has 1 aliphatic rings. The van der Waals surface area contributed by atoms with Gasteiger partial charge in [-0.25, -0.2) is 4.79 Å². The minimum atomic E-state index is -2.91. The topological polar surface area (TPSA) is 125 Å². The molecular formula is C12H18N2O6. The number of aromatic nitrogens is 2. The van der Waals surface area contributed by atoms with Crippen LogP contribution in [0, 0.1) is 13.8 Å². The molecule has 0 amide bonds. The van der Waals surface area contributed by atoms with Gasteiger partial charge >= 0.3 is 5.69 Å². The molecule has 8 nitrogen and oxygen atoms in total. The van der Waals surface area contributed by atoms with Gasteiger partial charge in [0, 0.05) is 11.3 Å². The molecule has 1 aromatic heterocycles. The van der Waals surface area contributed by atoms with Crippen molar-refractivity contribution in [1.82, 2.24) is 9.55 Å². The molecule has 20 heavy (non-hydrogen) atoms. The number of rotatable bonds is 2. The molecule has 0 aromatic carbocycles.